The zero-order valence-electron chi connectivity index (χ0n) is 12.4. The highest BCUT2D eigenvalue weighted by Gasteiger charge is 2.04. The molecule has 3 nitrogen and oxygen atoms in total. The van der Waals surface area contributed by atoms with Crippen molar-refractivity contribution >= 4 is 11.0 Å². The van der Waals surface area contributed by atoms with Crippen molar-refractivity contribution in [2.75, 3.05) is 6.54 Å². The summed E-state index contributed by atoms with van der Waals surface area (Å²) in [4.78, 5) is 4.42. The van der Waals surface area contributed by atoms with E-state index in [2.05, 4.69) is 70.3 Å². The lowest BCUT2D eigenvalue weighted by atomic mass is 10.1. The molecule has 0 spiro atoms. The molecule has 0 amide bonds. The van der Waals surface area contributed by atoms with Crippen LogP contribution in [0.4, 0.5) is 0 Å². The first-order valence-electron chi connectivity index (χ1n) is 7.50. The summed E-state index contributed by atoms with van der Waals surface area (Å²) in [7, 11) is 0. The predicted molar refractivity (Wildman–Crippen MR) is 87.3 cm³/mol. The Hall–Kier alpha value is -2.13. The SMILES string of the molecule is CC(Cc1ccccc1)NCCn1cnc2ccccc21. The van der Waals surface area contributed by atoms with Crippen molar-refractivity contribution in [2.45, 2.75) is 25.9 Å². The van der Waals surface area contributed by atoms with E-state index in [1.807, 2.05) is 12.4 Å². The van der Waals surface area contributed by atoms with Gasteiger partial charge < -0.3 is 9.88 Å². The van der Waals surface area contributed by atoms with Gasteiger partial charge in [-0.15, -0.1) is 0 Å². The highest BCUT2D eigenvalue weighted by Crippen LogP contribution is 2.11. The van der Waals surface area contributed by atoms with Gasteiger partial charge in [-0.05, 0) is 31.0 Å². The Balaban J connectivity index is 1.52. The third-order valence-electron chi connectivity index (χ3n) is 3.76. The largest absolute Gasteiger partial charge is 0.329 e. The normalized spacial score (nSPS) is 12.6. The van der Waals surface area contributed by atoms with E-state index in [0.29, 0.717) is 6.04 Å². The van der Waals surface area contributed by atoms with Gasteiger partial charge in [-0.1, -0.05) is 42.5 Å². The lowest BCUT2D eigenvalue weighted by Gasteiger charge is -2.14. The Morgan fingerprint density at radius 2 is 1.81 bits per heavy atom. The van der Waals surface area contributed by atoms with Gasteiger partial charge in [0.15, 0.2) is 0 Å². The number of rotatable bonds is 6. The van der Waals surface area contributed by atoms with Crippen LogP contribution < -0.4 is 5.32 Å². The van der Waals surface area contributed by atoms with E-state index in [-0.39, 0.29) is 0 Å². The van der Waals surface area contributed by atoms with Gasteiger partial charge in [0.05, 0.1) is 17.4 Å². The zero-order chi connectivity index (χ0) is 14.5. The standard InChI is InChI=1S/C18H21N3/c1-15(13-16-7-3-2-4-8-16)19-11-12-21-14-20-17-9-5-6-10-18(17)21/h2-10,14-15,19H,11-13H2,1H3. The molecule has 1 N–H and O–H groups in total. The quantitative estimate of drug-likeness (QED) is 0.750. The molecule has 108 valence electrons. The number of imidazole rings is 1. The van der Waals surface area contributed by atoms with Crippen LogP contribution >= 0.6 is 0 Å². The highest BCUT2D eigenvalue weighted by atomic mass is 15.1. The molecule has 0 aliphatic heterocycles. The molecule has 0 radical (unpaired) electrons. The zero-order valence-corrected chi connectivity index (χ0v) is 12.4. The van der Waals surface area contributed by atoms with E-state index in [1.165, 1.54) is 11.1 Å². The second-order valence-electron chi connectivity index (χ2n) is 5.47. The second-order valence-corrected chi connectivity index (χ2v) is 5.47. The Morgan fingerprint density at radius 3 is 2.67 bits per heavy atom. The van der Waals surface area contributed by atoms with Crippen molar-refractivity contribution < 1.29 is 0 Å². The maximum atomic E-state index is 4.42. The Labute approximate surface area is 125 Å². The minimum absolute atomic E-state index is 0.474. The number of nitrogens with zero attached hydrogens (tertiary/aromatic N) is 2. The number of hydrogen-bond acceptors (Lipinski definition) is 2. The van der Waals surface area contributed by atoms with Crippen LogP contribution in [0.25, 0.3) is 11.0 Å². The first kappa shape index (κ1) is 13.8. The molecule has 1 atom stereocenters. The van der Waals surface area contributed by atoms with Gasteiger partial charge in [0.1, 0.15) is 0 Å². The van der Waals surface area contributed by atoms with Crippen molar-refractivity contribution in [3.8, 4) is 0 Å². The Bertz CT molecular complexity index is 688. The van der Waals surface area contributed by atoms with Crippen LogP contribution in [0.15, 0.2) is 60.9 Å². The van der Waals surface area contributed by atoms with E-state index < -0.39 is 0 Å². The van der Waals surface area contributed by atoms with Gasteiger partial charge >= 0.3 is 0 Å². The third-order valence-corrected chi connectivity index (χ3v) is 3.76. The van der Waals surface area contributed by atoms with Crippen molar-refractivity contribution in [3.05, 3.63) is 66.5 Å². The number of benzene rings is 2. The molecular formula is C18H21N3. The summed E-state index contributed by atoms with van der Waals surface area (Å²) < 4.78 is 2.21. The number of hydrogen-bond donors (Lipinski definition) is 1. The fourth-order valence-electron chi connectivity index (χ4n) is 2.66. The molecule has 0 aliphatic carbocycles. The number of nitrogens with one attached hydrogen (secondary N) is 1. The number of fused-ring (bicyclic) bond motifs is 1. The Kier molecular flexibility index (Phi) is 4.31. The summed E-state index contributed by atoms with van der Waals surface area (Å²) in [5.74, 6) is 0. The Morgan fingerprint density at radius 1 is 1.05 bits per heavy atom. The highest BCUT2D eigenvalue weighted by molar-refractivity contribution is 5.74. The average Bonchev–Trinajstić information content (AvgIpc) is 2.92. The fraction of sp³-hybridized carbons (Fsp3) is 0.278. The molecule has 0 saturated carbocycles. The molecule has 2 aromatic carbocycles. The van der Waals surface area contributed by atoms with Crippen LogP contribution in [-0.2, 0) is 13.0 Å². The molecule has 1 aromatic heterocycles. The maximum absolute atomic E-state index is 4.42. The number of aromatic nitrogens is 2. The first-order chi connectivity index (χ1) is 10.3. The summed E-state index contributed by atoms with van der Waals surface area (Å²) in [6, 6.07) is 19.4. The van der Waals surface area contributed by atoms with Crippen LogP contribution in [0.1, 0.15) is 12.5 Å². The fourth-order valence-corrected chi connectivity index (χ4v) is 2.66. The van der Waals surface area contributed by atoms with Crippen molar-refractivity contribution in [1.29, 1.82) is 0 Å². The minimum atomic E-state index is 0.474. The second kappa shape index (κ2) is 6.55. The van der Waals surface area contributed by atoms with Gasteiger partial charge in [-0.2, -0.15) is 0 Å². The minimum Gasteiger partial charge on any atom is -0.329 e. The van der Waals surface area contributed by atoms with Gasteiger partial charge in [0, 0.05) is 19.1 Å². The van der Waals surface area contributed by atoms with Crippen molar-refractivity contribution in [2.24, 2.45) is 0 Å². The molecule has 21 heavy (non-hydrogen) atoms. The summed E-state index contributed by atoms with van der Waals surface area (Å²) in [6.07, 6.45) is 2.99. The van der Waals surface area contributed by atoms with Crippen LogP contribution in [0, 0.1) is 0 Å². The molecule has 3 aromatic rings. The van der Waals surface area contributed by atoms with E-state index in [4.69, 9.17) is 0 Å². The molecule has 3 heteroatoms. The smallest absolute Gasteiger partial charge is 0.0958 e. The summed E-state index contributed by atoms with van der Waals surface area (Å²) in [6.45, 7) is 4.13. The van der Waals surface area contributed by atoms with Crippen LogP contribution in [0.2, 0.25) is 0 Å². The number of para-hydroxylation sites is 2. The van der Waals surface area contributed by atoms with Gasteiger partial charge in [-0.25, -0.2) is 4.98 Å². The maximum Gasteiger partial charge on any atom is 0.0958 e. The van der Waals surface area contributed by atoms with E-state index in [1.54, 1.807) is 0 Å². The summed E-state index contributed by atoms with van der Waals surface area (Å²) >= 11 is 0. The van der Waals surface area contributed by atoms with E-state index >= 15 is 0 Å². The predicted octanol–water partition coefficient (Wildman–Crippen LogP) is 3.26. The van der Waals surface area contributed by atoms with E-state index in [9.17, 15) is 0 Å². The van der Waals surface area contributed by atoms with Crippen LogP contribution in [0.3, 0.4) is 0 Å². The monoisotopic (exact) mass is 279 g/mol. The summed E-state index contributed by atoms with van der Waals surface area (Å²) in [5.41, 5.74) is 3.65. The third kappa shape index (κ3) is 3.50. The molecule has 0 saturated heterocycles. The molecule has 0 aliphatic rings. The molecule has 1 unspecified atom stereocenters. The molecule has 0 fully saturated rings. The van der Waals surface area contributed by atoms with Crippen LogP contribution in [0.5, 0.6) is 0 Å². The molecule has 0 bridgehead atoms. The molecular weight excluding hydrogens is 258 g/mol. The van der Waals surface area contributed by atoms with Gasteiger partial charge in [-0.3, -0.25) is 0 Å². The lowest BCUT2D eigenvalue weighted by molar-refractivity contribution is 0.516. The van der Waals surface area contributed by atoms with Gasteiger partial charge in [0.2, 0.25) is 0 Å². The van der Waals surface area contributed by atoms with E-state index in [0.717, 1.165) is 25.0 Å². The first-order valence-corrected chi connectivity index (χ1v) is 7.50. The molecule has 1 heterocycles. The van der Waals surface area contributed by atoms with Gasteiger partial charge in [0.25, 0.3) is 0 Å². The van der Waals surface area contributed by atoms with Crippen molar-refractivity contribution in [3.63, 3.8) is 0 Å². The van der Waals surface area contributed by atoms with Crippen LogP contribution in [-0.4, -0.2) is 22.1 Å². The average molecular weight is 279 g/mol. The summed E-state index contributed by atoms with van der Waals surface area (Å²) in [5, 5.41) is 3.59. The van der Waals surface area contributed by atoms with Crippen molar-refractivity contribution in [1.82, 2.24) is 14.9 Å². The lowest BCUT2D eigenvalue weighted by Crippen LogP contribution is -2.31. The topological polar surface area (TPSA) is 29.9 Å². The molecule has 3 rings (SSSR count).